The molecule has 0 saturated heterocycles. The molecule has 0 aliphatic rings. The van der Waals surface area contributed by atoms with Crippen LogP contribution in [0.4, 0.5) is 0 Å². The first-order chi connectivity index (χ1) is 9.13. The summed E-state index contributed by atoms with van der Waals surface area (Å²) >= 11 is 6.09. The zero-order chi connectivity index (χ0) is 13.4. The summed E-state index contributed by atoms with van der Waals surface area (Å²) in [6, 6.07) is 14.0. The maximum atomic E-state index is 6.09. The lowest BCUT2D eigenvalue weighted by atomic mass is 10.0. The monoisotopic (exact) mass is 268 g/mol. The summed E-state index contributed by atoms with van der Waals surface area (Å²) in [5.41, 5.74) is 4.18. The van der Waals surface area contributed by atoms with Crippen molar-refractivity contribution >= 4 is 22.5 Å². The van der Waals surface area contributed by atoms with Gasteiger partial charge in [0.15, 0.2) is 0 Å². The number of halogens is 1. The minimum Gasteiger partial charge on any atom is -0.233 e. The second kappa shape index (κ2) is 4.63. The lowest BCUT2D eigenvalue weighted by Gasteiger charge is -2.08. The first-order valence-corrected chi connectivity index (χ1v) is 6.52. The molecule has 0 aliphatic carbocycles. The summed E-state index contributed by atoms with van der Waals surface area (Å²) in [4.78, 5) is 9.02. The van der Waals surface area contributed by atoms with Crippen molar-refractivity contribution in [3.63, 3.8) is 0 Å². The molecule has 2 aromatic carbocycles. The minimum absolute atomic E-state index is 0.702. The van der Waals surface area contributed by atoms with E-state index in [9.17, 15) is 0 Å². The molecule has 1 heterocycles. The summed E-state index contributed by atoms with van der Waals surface area (Å²) < 4.78 is 0. The van der Waals surface area contributed by atoms with Gasteiger partial charge >= 0.3 is 0 Å². The third-order valence-electron chi connectivity index (χ3n) is 3.09. The Labute approximate surface area is 117 Å². The van der Waals surface area contributed by atoms with Crippen molar-refractivity contribution in [2.45, 2.75) is 13.8 Å². The molecule has 0 bridgehead atoms. The summed E-state index contributed by atoms with van der Waals surface area (Å²) in [7, 11) is 0. The molecule has 2 nitrogen and oxygen atoms in total. The van der Waals surface area contributed by atoms with E-state index >= 15 is 0 Å². The van der Waals surface area contributed by atoms with Gasteiger partial charge in [-0.25, -0.2) is 9.97 Å². The zero-order valence-electron chi connectivity index (χ0n) is 10.8. The van der Waals surface area contributed by atoms with Crippen molar-refractivity contribution in [3.05, 3.63) is 58.9 Å². The number of benzene rings is 2. The molecule has 19 heavy (non-hydrogen) atoms. The highest BCUT2D eigenvalue weighted by Crippen LogP contribution is 2.28. The van der Waals surface area contributed by atoms with Crippen LogP contribution in [0.2, 0.25) is 5.02 Å². The second-order valence-corrected chi connectivity index (χ2v) is 5.08. The van der Waals surface area contributed by atoms with Gasteiger partial charge < -0.3 is 0 Å². The quantitative estimate of drug-likeness (QED) is 0.646. The number of aromatic nitrogens is 2. The Morgan fingerprint density at radius 1 is 0.895 bits per heavy atom. The van der Waals surface area contributed by atoms with Crippen molar-refractivity contribution in [1.82, 2.24) is 9.97 Å². The third kappa shape index (κ3) is 2.32. The highest BCUT2D eigenvalue weighted by molar-refractivity contribution is 6.31. The molecule has 0 aliphatic heterocycles. The van der Waals surface area contributed by atoms with Crippen LogP contribution < -0.4 is 0 Å². The van der Waals surface area contributed by atoms with Crippen molar-refractivity contribution in [3.8, 4) is 11.3 Å². The molecule has 0 fully saturated rings. The number of hydrogen-bond donors (Lipinski definition) is 0. The fourth-order valence-electron chi connectivity index (χ4n) is 2.15. The van der Waals surface area contributed by atoms with E-state index in [0.29, 0.717) is 5.02 Å². The Bertz CT molecular complexity index is 749. The molecule has 3 heteroatoms. The standard InChI is InChI=1S/C16H13ClN2/c1-10-3-5-12(6-4-10)16-14-9-13(17)7-8-15(14)18-11(2)19-16/h3-9H,1-2H3. The number of rotatable bonds is 1. The van der Waals surface area contributed by atoms with E-state index in [1.165, 1.54) is 5.56 Å². The molecule has 94 valence electrons. The summed E-state index contributed by atoms with van der Waals surface area (Å²) in [5, 5.41) is 1.69. The maximum Gasteiger partial charge on any atom is 0.126 e. The van der Waals surface area contributed by atoms with Crippen molar-refractivity contribution < 1.29 is 0 Å². The van der Waals surface area contributed by atoms with Crippen LogP contribution in [0.5, 0.6) is 0 Å². The molecule has 0 atom stereocenters. The number of hydrogen-bond acceptors (Lipinski definition) is 2. The Hall–Kier alpha value is -1.93. The Morgan fingerprint density at radius 2 is 1.63 bits per heavy atom. The Balaban J connectivity index is 2.32. The van der Waals surface area contributed by atoms with Crippen LogP contribution in [0.25, 0.3) is 22.2 Å². The number of fused-ring (bicyclic) bond motifs is 1. The van der Waals surface area contributed by atoms with E-state index in [0.717, 1.165) is 28.0 Å². The first-order valence-electron chi connectivity index (χ1n) is 6.14. The molecule has 0 saturated carbocycles. The second-order valence-electron chi connectivity index (χ2n) is 4.65. The lowest BCUT2D eigenvalue weighted by Crippen LogP contribution is -1.94. The van der Waals surface area contributed by atoms with Gasteiger partial charge in [-0.05, 0) is 32.0 Å². The molecule has 1 aromatic heterocycles. The fraction of sp³-hybridized carbons (Fsp3) is 0.125. The van der Waals surface area contributed by atoms with Crippen LogP contribution >= 0.6 is 11.6 Å². The van der Waals surface area contributed by atoms with Crippen LogP contribution in [-0.2, 0) is 0 Å². The van der Waals surface area contributed by atoms with Gasteiger partial charge in [-0.1, -0.05) is 41.4 Å². The van der Waals surface area contributed by atoms with Crippen molar-refractivity contribution in [2.75, 3.05) is 0 Å². The van der Waals surface area contributed by atoms with Gasteiger partial charge in [0.2, 0.25) is 0 Å². The smallest absolute Gasteiger partial charge is 0.126 e. The molecule has 3 aromatic rings. The SMILES string of the molecule is Cc1ccc(-c2nc(C)nc3ccc(Cl)cc23)cc1. The molecule has 3 rings (SSSR count). The largest absolute Gasteiger partial charge is 0.233 e. The van der Waals surface area contributed by atoms with E-state index in [-0.39, 0.29) is 0 Å². The zero-order valence-corrected chi connectivity index (χ0v) is 11.6. The molecule has 0 spiro atoms. The topological polar surface area (TPSA) is 25.8 Å². The molecular formula is C16H13ClN2. The van der Waals surface area contributed by atoms with Gasteiger partial charge in [-0.15, -0.1) is 0 Å². The molecule has 0 amide bonds. The predicted molar refractivity (Wildman–Crippen MR) is 79.5 cm³/mol. The van der Waals surface area contributed by atoms with Gasteiger partial charge in [-0.2, -0.15) is 0 Å². The summed E-state index contributed by atoms with van der Waals surface area (Å²) in [6.07, 6.45) is 0. The summed E-state index contributed by atoms with van der Waals surface area (Å²) in [5.74, 6) is 0.769. The van der Waals surface area contributed by atoms with Crippen LogP contribution in [0.1, 0.15) is 11.4 Å². The highest BCUT2D eigenvalue weighted by Gasteiger charge is 2.08. The van der Waals surface area contributed by atoms with Gasteiger partial charge in [0.05, 0.1) is 11.2 Å². The van der Waals surface area contributed by atoms with Gasteiger partial charge in [0.25, 0.3) is 0 Å². The third-order valence-corrected chi connectivity index (χ3v) is 3.33. The maximum absolute atomic E-state index is 6.09. The minimum atomic E-state index is 0.702. The van der Waals surface area contributed by atoms with E-state index < -0.39 is 0 Å². The number of aryl methyl sites for hydroxylation is 2. The van der Waals surface area contributed by atoms with Crippen LogP contribution in [0.3, 0.4) is 0 Å². The normalized spacial score (nSPS) is 10.9. The average Bonchev–Trinajstić information content (AvgIpc) is 2.39. The van der Waals surface area contributed by atoms with Crippen molar-refractivity contribution in [2.24, 2.45) is 0 Å². The Morgan fingerprint density at radius 3 is 2.37 bits per heavy atom. The predicted octanol–water partition coefficient (Wildman–Crippen LogP) is 4.57. The molecule has 0 unspecified atom stereocenters. The van der Waals surface area contributed by atoms with Crippen molar-refractivity contribution in [1.29, 1.82) is 0 Å². The van der Waals surface area contributed by atoms with Crippen LogP contribution in [0, 0.1) is 13.8 Å². The first kappa shape index (κ1) is 12.1. The fourth-order valence-corrected chi connectivity index (χ4v) is 2.32. The van der Waals surface area contributed by atoms with E-state index in [4.69, 9.17) is 11.6 Å². The Kier molecular flexibility index (Phi) is 2.96. The van der Waals surface area contributed by atoms with Gasteiger partial charge in [-0.3, -0.25) is 0 Å². The van der Waals surface area contributed by atoms with E-state index in [1.54, 1.807) is 0 Å². The van der Waals surface area contributed by atoms with Gasteiger partial charge in [0.1, 0.15) is 5.82 Å². The molecule has 0 radical (unpaired) electrons. The molecule has 0 N–H and O–H groups in total. The molecular weight excluding hydrogens is 256 g/mol. The van der Waals surface area contributed by atoms with E-state index in [2.05, 4.69) is 41.2 Å². The van der Waals surface area contributed by atoms with Gasteiger partial charge in [0, 0.05) is 16.0 Å². The average molecular weight is 269 g/mol. The van der Waals surface area contributed by atoms with Crippen LogP contribution in [-0.4, -0.2) is 9.97 Å². The van der Waals surface area contributed by atoms with E-state index in [1.807, 2.05) is 25.1 Å². The highest BCUT2D eigenvalue weighted by atomic mass is 35.5. The number of nitrogens with zero attached hydrogens (tertiary/aromatic N) is 2. The summed E-state index contributed by atoms with van der Waals surface area (Å²) in [6.45, 7) is 3.98. The van der Waals surface area contributed by atoms with Crippen LogP contribution in [0.15, 0.2) is 42.5 Å². The lowest BCUT2D eigenvalue weighted by molar-refractivity contribution is 1.10.